The summed E-state index contributed by atoms with van der Waals surface area (Å²) in [5, 5.41) is 14.9. The van der Waals surface area contributed by atoms with Gasteiger partial charge in [-0.3, -0.25) is 0 Å². The van der Waals surface area contributed by atoms with E-state index in [2.05, 4.69) is 254 Å². The number of para-hydroxylation sites is 2. The van der Waals surface area contributed by atoms with E-state index in [1.807, 2.05) is 0 Å². The van der Waals surface area contributed by atoms with Crippen molar-refractivity contribution in [1.29, 1.82) is 0 Å². The molecule has 2 aromatic heterocycles. The third-order valence-electron chi connectivity index (χ3n) is 16.2. The van der Waals surface area contributed by atoms with Gasteiger partial charge in [-0.05, 0) is 150 Å². The average molecular weight is 957 g/mol. The fourth-order valence-electron chi connectivity index (χ4n) is 12.7. The molecule has 13 aromatic rings. The minimum atomic E-state index is -1.89. The zero-order valence-corrected chi connectivity index (χ0v) is 42.5. The molecule has 11 aromatic carbocycles. The summed E-state index contributed by atoms with van der Waals surface area (Å²) in [5.74, 6) is 0. The second-order valence-corrected chi connectivity index (χ2v) is 29.5. The molecule has 6 heteroatoms. The van der Waals surface area contributed by atoms with Crippen molar-refractivity contribution in [3.8, 4) is 22.3 Å². The van der Waals surface area contributed by atoms with Crippen molar-refractivity contribution in [2.45, 2.75) is 26.2 Å². The minimum absolute atomic E-state index is 0.851. The van der Waals surface area contributed by atoms with Crippen LogP contribution in [0.4, 0.5) is 34.1 Å². The highest BCUT2D eigenvalue weighted by Crippen LogP contribution is 2.48. The van der Waals surface area contributed by atoms with E-state index < -0.39 is 16.1 Å². The summed E-state index contributed by atoms with van der Waals surface area (Å²) in [6, 6.07) is 80.5. The fourth-order valence-corrected chi connectivity index (χ4v) is 18.9. The Balaban J connectivity index is 0.862. The molecule has 342 valence electrons. The second kappa shape index (κ2) is 15.0. The monoisotopic (exact) mass is 956 g/mol. The number of hydrogen-bond acceptors (Lipinski definition) is 4. The van der Waals surface area contributed by atoms with Crippen LogP contribution in [0, 0.1) is 0 Å². The van der Waals surface area contributed by atoms with Gasteiger partial charge in [-0.25, -0.2) is 0 Å². The summed E-state index contributed by atoms with van der Waals surface area (Å²) in [4.78, 5) is 4.88. The van der Waals surface area contributed by atoms with Crippen molar-refractivity contribution in [2.24, 2.45) is 0 Å². The second-order valence-electron chi connectivity index (χ2n) is 20.9. The summed E-state index contributed by atoms with van der Waals surface area (Å²) in [6.45, 7) is 9.94. The van der Waals surface area contributed by atoms with Gasteiger partial charge in [-0.2, -0.15) is 0 Å². The smallest absolute Gasteiger partial charge is 0.136 e. The van der Waals surface area contributed by atoms with Crippen molar-refractivity contribution in [1.82, 2.24) is 0 Å². The first kappa shape index (κ1) is 41.4. The van der Waals surface area contributed by atoms with Crippen molar-refractivity contribution in [3.63, 3.8) is 0 Å². The van der Waals surface area contributed by atoms with Crippen molar-refractivity contribution < 1.29 is 8.83 Å². The summed E-state index contributed by atoms with van der Waals surface area (Å²) < 4.78 is 13.6. The quantitative estimate of drug-likeness (QED) is 0.156. The molecular formula is C66H48N2O2Si2. The number of rotatable bonds is 6. The Hall–Kier alpha value is -8.43. The Kier molecular flexibility index (Phi) is 8.64. The van der Waals surface area contributed by atoms with Gasteiger partial charge in [0.25, 0.3) is 0 Å². The van der Waals surface area contributed by atoms with Gasteiger partial charge in [0.15, 0.2) is 0 Å². The van der Waals surface area contributed by atoms with Gasteiger partial charge < -0.3 is 18.6 Å². The van der Waals surface area contributed by atoms with E-state index in [0.717, 1.165) is 88.2 Å². The molecule has 15 rings (SSSR count). The molecule has 0 spiro atoms. The van der Waals surface area contributed by atoms with Crippen molar-refractivity contribution in [2.75, 3.05) is 9.80 Å². The molecule has 0 saturated carbocycles. The molecule has 2 aliphatic heterocycles. The lowest BCUT2D eigenvalue weighted by atomic mass is 9.99. The normalized spacial score (nSPS) is 14.1. The van der Waals surface area contributed by atoms with Gasteiger partial charge >= 0.3 is 0 Å². The maximum atomic E-state index is 6.81. The topological polar surface area (TPSA) is 32.8 Å². The van der Waals surface area contributed by atoms with Crippen LogP contribution in [0.5, 0.6) is 0 Å². The molecule has 4 heterocycles. The molecule has 0 aliphatic carbocycles. The molecule has 0 radical (unpaired) electrons. The number of furan rings is 2. The van der Waals surface area contributed by atoms with Gasteiger partial charge in [-0.1, -0.05) is 148 Å². The van der Waals surface area contributed by atoms with Gasteiger partial charge in [-0.15, -0.1) is 0 Å². The van der Waals surface area contributed by atoms with Crippen LogP contribution in [-0.2, 0) is 0 Å². The number of anilines is 6. The van der Waals surface area contributed by atoms with Gasteiger partial charge in [0.1, 0.15) is 38.5 Å². The largest absolute Gasteiger partial charge is 0.456 e. The first-order valence-corrected chi connectivity index (χ1v) is 31.1. The molecule has 0 bridgehead atoms. The molecular weight excluding hydrogens is 909 g/mol. The van der Waals surface area contributed by atoms with E-state index in [4.69, 9.17) is 8.83 Å². The Labute approximate surface area is 419 Å². The molecule has 4 nitrogen and oxygen atoms in total. The lowest BCUT2D eigenvalue weighted by Gasteiger charge is -2.29. The number of fused-ring (bicyclic) bond motifs is 15. The summed E-state index contributed by atoms with van der Waals surface area (Å²) in [7, 11) is -3.78. The minimum Gasteiger partial charge on any atom is -0.456 e. The van der Waals surface area contributed by atoms with Crippen LogP contribution in [-0.4, -0.2) is 16.1 Å². The molecule has 0 N–H and O–H groups in total. The van der Waals surface area contributed by atoms with Crippen LogP contribution >= 0.6 is 0 Å². The average Bonchev–Trinajstić information content (AvgIpc) is 4.10. The Morgan fingerprint density at radius 1 is 0.306 bits per heavy atom. The number of benzene rings is 11. The van der Waals surface area contributed by atoms with Gasteiger partial charge in [0.2, 0.25) is 0 Å². The summed E-state index contributed by atoms with van der Waals surface area (Å²) >= 11 is 0. The molecule has 0 unspecified atom stereocenters. The predicted molar refractivity (Wildman–Crippen MR) is 310 cm³/mol. The highest BCUT2D eigenvalue weighted by molar-refractivity contribution is 7.04. The van der Waals surface area contributed by atoms with E-state index in [9.17, 15) is 0 Å². The maximum absolute atomic E-state index is 6.81. The van der Waals surface area contributed by atoms with Crippen molar-refractivity contribution in [3.05, 3.63) is 218 Å². The highest BCUT2D eigenvalue weighted by Gasteiger charge is 2.41. The van der Waals surface area contributed by atoms with Crippen LogP contribution in [0.15, 0.2) is 227 Å². The third kappa shape index (κ3) is 5.85. The van der Waals surface area contributed by atoms with E-state index in [0.29, 0.717) is 0 Å². The third-order valence-corrected chi connectivity index (χ3v) is 23.2. The van der Waals surface area contributed by atoms with Crippen LogP contribution < -0.4 is 30.5 Å². The summed E-state index contributed by atoms with van der Waals surface area (Å²) in [6.07, 6.45) is 0. The van der Waals surface area contributed by atoms with E-state index >= 15 is 0 Å². The first-order valence-electron chi connectivity index (χ1n) is 25.1. The van der Waals surface area contributed by atoms with E-state index in [-0.39, 0.29) is 0 Å². The van der Waals surface area contributed by atoms with Gasteiger partial charge in [0.05, 0.1) is 11.4 Å². The van der Waals surface area contributed by atoms with E-state index in [1.165, 1.54) is 54.4 Å². The van der Waals surface area contributed by atoms with Crippen molar-refractivity contribution >= 4 is 136 Å². The molecule has 0 amide bonds. The molecule has 0 saturated heterocycles. The molecule has 72 heavy (non-hydrogen) atoms. The SMILES string of the molecule is C[Si]1(C)c2ccccc2-c2c(N(c3ccccc3)c3ccc4cc5c(cc4c3)oc3ccc4oc6cc7cc(N(c8ccccc8)c8cccc9c8-c8ccccc8[Si]9(C)C)ccc7cc6c4c35)cccc21. The number of hydrogen-bond donors (Lipinski definition) is 0. The Bertz CT molecular complexity index is 4130. The fraction of sp³-hybridized carbons (Fsp3) is 0.0606. The molecule has 0 atom stereocenters. The molecule has 2 aliphatic rings. The summed E-state index contributed by atoms with van der Waals surface area (Å²) in [5.41, 5.74) is 15.7. The molecule has 0 fully saturated rings. The highest BCUT2D eigenvalue weighted by atomic mass is 28.3. The van der Waals surface area contributed by atoms with Crippen LogP contribution in [0.2, 0.25) is 26.2 Å². The zero-order valence-electron chi connectivity index (χ0n) is 40.5. The van der Waals surface area contributed by atoms with E-state index in [1.54, 1.807) is 0 Å². The standard InChI is InChI=1S/C66H48N2O2Si2/c1-71(2)59-25-13-11-21-49(59)63-53(23-15-27-61(63)71)67(45-17-7-5-8-18-45)47-31-29-41-37-51-57(39-43(41)35-47)69-55-33-34-56-66(65(51)55)52-38-42-30-32-48(36-44(42)40-58(52)70-56)68(46-19-9-6-10-20-46)54-24-16-28-62-64(54)50-22-12-14-26-60(50)72(62,3)4/h5-40H,1-4H3. The lowest BCUT2D eigenvalue weighted by Crippen LogP contribution is -2.49. The maximum Gasteiger partial charge on any atom is 0.136 e. The Morgan fingerprint density at radius 3 is 1.15 bits per heavy atom. The first-order chi connectivity index (χ1) is 35.2. The lowest BCUT2D eigenvalue weighted by molar-refractivity contribution is 0.663. The zero-order chi connectivity index (χ0) is 48.0. The van der Waals surface area contributed by atoms with Crippen LogP contribution in [0.3, 0.4) is 0 Å². The van der Waals surface area contributed by atoms with Crippen LogP contribution in [0.25, 0.3) is 87.7 Å². The predicted octanol–water partition coefficient (Wildman–Crippen LogP) is 16.3. The van der Waals surface area contributed by atoms with Crippen LogP contribution in [0.1, 0.15) is 0 Å². The van der Waals surface area contributed by atoms with Gasteiger partial charge in [0, 0.05) is 55.4 Å². The number of nitrogens with zero attached hydrogens (tertiary/aromatic N) is 2. The Morgan fingerprint density at radius 2 is 0.708 bits per heavy atom.